The predicted octanol–water partition coefficient (Wildman–Crippen LogP) is 8.54. The molecule has 1 aliphatic rings. The molecular formula is C27H35Cl2N3OSi. The number of halogens is 2. The summed E-state index contributed by atoms with van der Waals surface area (Å²) in [7, 11) is -1.91. The second-order valence-electron chi connectivity index (χ2n) is 10.3. The Hall–Kier alpha value is -1.71. The zero-order valence-corrected chi connectivity index (χ0v) is 23.5. The standard InChI is InChI=1S/C27H35Cl2N3OSi/c1-18(2)34(19(3)4,20(5)6)14-12-31-17-23(22-10-11-24(28)26(29)27(22)31)21-15-30-32(16-21)25-9-7-8-13-33-25/h10-11,15-20,25H,7-9,13H2,1-6H3. The maximum absolute atomic E-state index is 6.75. The first kappa shape index (κ1) is 25.4. The van der Waals surface area contributed by atoms with Gasteiger partial charge in [-0.25, -0.2) is 4.68 Å². The van der Waals surface area contributed by atoms with Crippen LogP contribution in [0.4, 0.5) is 0 Å². The van der Waals surface area contributed by atoms with Crippen molar-refractivity contribution in [2.75, 3.05) is 6.61 Å². The Kier molecular flexibility index (Phi) is 7.55. The molecule has 3 heterocycles. The molecule has 0 amide bonds. The Morgan fingerprint density at radius 3 is 2.35 bits per heavy atom. The zero-order valence-electron chi connectivity index (χ0n) is 21.0. The molecule has 182 valence electrons. The van der Waals surface area contributed by atoms with Crippen molar-refractivity contribution >= 4 is 42.2 Å². The molecule has 1 aliphatic heterocycles. The molecule has 1 aromatic carbocycles. The van der Waals surface area contributed by atoms with E-state index in [-0.39, 0.29) is 6.23 Å². The summed E-state index contributed by atoms with van der Waals surface area (Å²) >= 11 is 13.2. The fraction of sp³-hybridized carbons (Fsp3) is 0.519. The van der Waals surface area contributed by atoms with E-state index in [4.69, 9.17) is 27.9 Å². The second kappa shape index (κ2) is 10.1. The van der Waals surface area contributed by atoms with E-state index < -0.39 is 8.07 Å². The van der Waals surface area contributed by atoms with Crippen molar-refractivity contribution in [1.29, 1.82) is 0 Å². The van der Waals surface area contributed by atoms with Gasteiger partial charge in [0, 0.05) is 41.6 Å². The predicted molar refractivity (Wildman–Crippen MR) is 146 cm³/mol. The lowest BCUT2D eigenvalue weighted by atomic mass is 10.1. The van der Waals surface area contributed by atoms with Gasteiger partial charge in [0.2, 0.25) is 0 Å². The molecule has 0 radical (unpaired) electrons. The summed E-state index contributed by atoms with van der Waals surface area (Å²) in [6.45, 7) is 14.7. The lowest BCUT2D eigenvalue weighted by Gasteiger charge is -2.37. The van der Waals surface area contributed by atoms with Crippen LogP contribution in [0, 0.1) is 11.6 Å². The van der Waals surface area contributed by atoms with Crippen molar-refractivity contribution in [1.82, 2.24) is 14.3 Å². The second-order valence-corrected chi connectivity index (χ2v) is 16.7. The Labute approximate surface area is 214 Å². The molecule has 4 nitrogen and oxygen atoms in total. The number of aromatic nitrogens is 3. The molecule has 3 aromatic rings. The Morgan fingerprint density at radius 1 is 1.03 bits per heavy atom. The van der Waals surface area contributed by atoms with E-state index in [9.17, 15) is 0 Å². The number of benzene rings is 1. The molecule has 1 atom stereocenters. The van der Waals surface area contributed by atoms with Crippen molar-refractivity contribution in [3.05, 3.63) is 40.8 Å². The summed E-state index contributed by atoms with van der Waals surface area (Å²) in [4.78, 5) is 0. The van der Waals surface area contributed by atoms with Crippen LogP contribution in [0.1, 0.15) is 67.0 Å². The van der Waals surface area contributed by atoms with E-state index in [1.165, 1.54) is 0 Å². The van der Waals surface area contributed by atoms with Gasteiger partial charge in [-0.1, -0.05) is 70.8 Å². The first-order valence-electron chi connectivity index (χ1n) is 12.3. The monoisotopic (exact) mass is 515 g/mol. The van der Waals surface area contributed by atoms with Crippen LogP contribution in [0.3, 0.4) is 0 Å². The maximum Gasteiger partial charge on any atom is 0.150 e. The highest BCUT2D eigenvalue weighted by Gasteiger charge is 2.42. The molecule has 34 heavy (non-hydrogen) atoms. The third-order valence-electron chi connectivity index (χ3n) is 7.48. The smallest absolute Gasteiger partial charge is 0.150 e. The summed E-state index contributed by atoms with van der Waals surface area (Å²) in [6, 6.07) is 7.42. The van der Waals surface area contributed by atoms with Crippen molar-refractivity contribution in [3.8, 4) is 22.7 Å². The molecule has 2 aromatic heterocycles. The van der Waals surface area contributed by atoms with Gasteiger partial charge in [0.15, 0.2) is 0 Å². The van der Waals surface area contributed by atoms with Gasteiger partial charge < -0.3 is 4.74 Å². The van der Waals surface area contributed by atoms with Crippen LogP contribution >= 0.6 is 23.2 Å². The van der Waals surface area contributed by atoms with E-state index >= 15 is 0 Å². The quantitative estimate of drug-likeness (QED) is 0.251. The number of ether oxygens (including phenoxy) is 1. The topological polar surface area (TPSA) is 32.0 Å². The van der Waals surface area contributed by atoms with Crippen LogP contribution < -0.4 is 0 Å². The molecule has 0 bridgehead atoms. The Balaban J connectivity index is 1.85. The zero-order chi connectivity index (χ0) is 24.6. The normalized spacial score (nSPS) is 17.1. The minimum atomic E-state index is -1.91. The largest absolute Gasteiger partial charge is 0.357 e. The third-order valence-corrected chi connectivity index (χ3v) is 14.6. The fourth-order valence-electron chi connectivity index (χ4n) is 5.73. The molecule has 7 heteroatoms. The Morgan fingerprint density at radius 2 is 1.74 bits per heavy atom. The van der Waals surface area contributed by atoms with Crippen molar-refractivity contribution in [2.24, 2.45) is 0 Å². The molecule has 1 saturated heterocycles. The van der Waals surface area contributed by atoms with Crippen LogP contribution in [0.25, 0.3) is 22.0 Å². The van der Waals surface area contributed by atoms with Crippen LogP contribution in [-0.2, 0) is 4.74 Å². The van der Waals surface area contributed by atoms with Crippen molar-refractivity contribution < 1.29 is 4.74 Å². The number of fused-ring (bicyclic) bond motifs is 1. The number of nitrogens with zero attached hydrogens (tertiary/aromatic N) is 3. The van der Waals surface area contributed by atoms with E-state index in [1.54, 1.807) is 0 Å². The van der Waals surface area contributed by atoms with Crippen LogP contribution in [0.5, 0.6) is 0 Å². The molecular weight excluding hydrogens is 481 g/mol. The number of rotatable bonds is 5. The molecule has 0 N–H and O–H groups in total. The fourth-order valence-corrected chi connectivity index (χ4v) is 11.3. The van der Waals surface area contributed by atoms with Gasteiger partial charge in [0.1, 0.15) is 14.3 Å². The Bertz CT molecular complexity index is 1200. The van der Waals surface area contributed by atoms with Gasteiger partial charge in [-0.15, -0.1) is 5.54 Å². The van der Waals surface area contributed by atoms with Crippen LogP contribution in [0.2, 0.25) is 26.7 Å². The summed E-state index contributed by atoms with van der Waals surface area (Å²) in [5, 5.41) is 6.72. The van der Waals surface area contributed by atoms with Gasteiger partial charge in [0.25, 0.3) is 0 Å². The highest BCUT2D eigenvalue weighted by Crippen LogP contribution is 2.41. The summed E-state index contributed by atoms with van der Waals surface area (Å²) in [6.07, 6.45) is 9.33. The summed E-state index contributed by atoms with van der Waals surface area (Å²) in [5.74, 6) is 0. The van der Waals surface area contributed by atoms with Gasteiger partial charge in [-0.2, -0.15) is 5.10 Å². The van der Waals surface area contributed by atoms with Gasteiger partial charge in [-0.3, -0.25) is 4.57 Å². The van der Waals surface area contributed by atoms with Gasteiger partial charge >= 0.3 is 0 Å². The summed E-state index contributed by atoms with van der Waals surface area (Å²) < 4.78 is 9.85. The van der Waals surface area contributed by atoms with Gasteiger partial charge in [-0.05, 0) is 42.0 Å². The molecule has 0 aliphatic carbocycles. The first-order valence-corrected chi connectivity index (χ1v) is 15.3. The van der Waals surface area contributed by atoms with Crippen LogP contribution in [0.15, 0.2) is 30.7 Å². The molecule has 0 spiro atoms. The van der Waals surface area contributed by atoms with E-state index in [2.05, 4.69) is 70.6 Å². The number of hydrogen-bond acceptors (Lipinski definition) is 2. The average Bonchev–Trinajstić information content (AvgIpc) is 3.42. The van der Waals surface area contributed by atoms with Gasteiger partial charge in [0.05, 0.1) is 21.8 Å². The maximum atomic E-state index is 6.75. The minimum Gasteiger partial charge on any atom is -0.357 e. The minimum absolute atomic E-state index is 0.00316. The van der Waals surface area contributed by atoms with E-state index in [0.29, 0.717) is 26.7 Å². The summed E-state index contributed by atoms with van der Waals surface area (Å²) in [5.41, 5.74) is 8.40. The van der Waals surface area contributed by atoms with E-state index in [1.807, 2.05) is 27.6 Å². The molecule has 0 saturated carbocycles. The highest BCUT2D eigenvalue weighted by molar-refractivity contribution is 6.90. The lowest BCUT2D eigenvalue weighted by Crippen LogP contribution is -2.43. The van der Waals surface area contributed by atoms with Crippen LogP contribution in [-0.4, -0.2) is 29.0 Å². The number of hydrogen-bond donors (Lipinski definition) is 0. The van der Waals surface area contributed by atoms with Crippen molar-refractivity contribution in [3.63, 3.8) is 0 Å². The van der Waals surface area contributed by atoms with Crippen molar-refractivity contribution in [2.45, 2.75) is 83.7 Å². The molecule has 1 unspecified atom stereocenters. The average molecular weight is 517 g/mol. The van der Waals surface area contributed by atoms with E-state index in [0.717, 1.165) is 47.9 Å². The lowest BCUT2D eigenvalue weighted by molar-refractivity contribution is -0.0394. The highest BCUT2D eigenvalue weighted by atomic mass is 35.5. The SMILES string of the molecule is CC(C)[Si](C#Cn1cc(-c2cnn(C3CCCCO3)c2)c2ccc(Cl)c(Cl)c21)(C(C)C)C(C)C. The molecule has 1 fully saturated rings. The first-order chi connectivity index (χ1) is 16.2. The third kappa shape index (κ3) is 4.46. The molecule has 4 rings (SSSR count).